The van der Waals surface area contributed by atoms with Crippen molar-refractivity contribution in [2.24, 2.45) is 0 Å². The van der Waals surface area contributed by atoms with Crippen LogP contribution in [0.15, 0.2) is 41.4 Å². The summed E-state index contributed by atoms with van der Waals surface area (Å²) in [4.78, 5) is 5.18. The van der Waals surface area contributed by atoms with Crippen LogP contribution in [0, 0.1) is 6.92 Å². The molecule has 4 heteroatoms. The summed E-state index contributed by atoms with van der Waals surface area (Å²) in [6, 6.07) is 9.88. The second-order valence-corrected chi connectivity index (χ2v) is 4.88. The lowest BCUT2D eigenvalue weighted by Gasteiger charge is -2.07. The topological polar surface area (TPSA) is 64.9 Å². The fourth-order valence-electron chi connectivity index (χ4n) is 1.46. The van der Waals surface area contributed by atoms with Crippen molar-refractivity contribution in [3.63, 3.8) is 0 Å². The number of aryl methyl sites for hydroxylation is 1. The van der Waals surface area contributed by atoms with E-state index in [9.17, 15) is 0 Å². The number of rotatable bonds is 3. The van der Waals surface area contributed by atoms with E-state index in [-0.39, 0.29) is 0 Å². The van der Waals surface area contributed by atoms with Crippen molar-refractivity contribution in [2.45, 2.75) is 17.6 Å². The number of benzene rings is 1. The average molecular weight is 245 g/mol. The second-order valence-electron chi connectivity index (χ2n) is 3.87. The lowest BCUT2D eigenvalue weighted by molar-refractivity contribution is 1.25. The van der Waals surface area contributed by atoms with Crippen molar-refractivity contribution < 1.29 is 0 Å². The van der Waals surface area contributed by atoms with E-state index < -0.39 is 0 Å². The van der Waals surface area contributed by atoms with E-state index >= 15 is 0 Å². The lowest BCUT2D eigenvalue weighted by Crippen LogP contribution is -1.93. The third kappa shape index (κ3) is 2.91. The van der Waals surface area contributed by atoms with Crippen LogP contribution in [0.4, 0.5) is 11.5 Å². The molecule has 0 saturated heterocycles. The predicted octanol–water partition coefficient (Wildman–Crippen LogP) is 2.85. The third-order valence-electron chi connectivity index (χ3n) is 2.53. The number of anilines is 2. The Labute approximate surface area is 105 Å². The summed E-state index contributed by atoms with van der Waals surface area (Å²) < 4.78 is 0. The standard InChI is InChI=1S/C13H15N3S/c1-9-3-2-4-11(13(9)15)17-8-10-5-6-12(14)16-7-10/h2-7H,8,15H2,1H3,(H2,14,16). The number of hydrogen-bond acceptors (Lipinski definition) is 4. The van der Waals surface area contributed by atoms with Gasteiger partial charge >= 0.3 is 0 Å². The van der Waals surface area contributed by atoms with Gasteiger partial charge in [-0.25, -0.2) is 4.98 Å². The van der Waals surface area contributed by atoms with Crippen molar-refractivity contribution in [1.82, 2.24) is 4.98 Å². The summed E-state index contributed by atoms with van der Waals surface area (Å²) >= 11 is 1.71. The lowest BCUT2D eigenvalue weighted by atomic mass is 10.2. The third-order valence-corrected chi connectivity index (χ3v) is 3.67. The number of nitrogens with zero attached hydrogens (tertiary/aromatic N) is 1. The number of para-hydroxylation sites is 1. The van der Waals surface area contributed by atoms with Crippen LogP contribution in [0.2, 0.25) is 0 Å². The molecule has 3 nitrogen and oxygen atoms in total. The van der Waals surface area contributed by atoms with Gasteiger partial charge in [-0.2, -0.15) is 0 Å². The largest absolute Gasteiger partial charge is 0.398 e. The van der Waals surface area contributed by atoms with Crippen molar-refractivity contribution in [3.8, 4) is 0 Å². The van der Waals surface area contributed by atoms with Crippen molar-refractivity contribution in [3.05, 3.63) is 47.7 Å². The molecule has 0 aliphatic heterocycles. The highest BCUT2D eigenvalue weighted by molar-refractivity contribution is 7.98. The molecule has 0 bridgehead atoms. The van der Waals surface area contributed by atoms with Crippen molar-refractivity contribution in [1.29, 1.82) is 0 Å². The first-order valence-electron chi connectivity index (χ1n) is 5.35. The highest BCUT2D eigenvalue weighted by atomic mass is 32.2. The van der Waals surface area contributed by atoms with Gasteiger partial charge in [0, 0.05) is 22.5 Å². The highest BCUT2D eigenvalue weighted by Gasteiger charge is 2.02. The first-order chi connectivity index (χ1) is 8.16. The fourth-order valence-corrected chi connectivity index (χ4v) is 2.45. The molecule has 0 aliphatic rings. The molecule has 0 fully saturated rings. The number of pyridine rings is 1. The minimum atomic E-state index is 0.550. The Bertz CT molecular complexity index is 509. The number of nitrogen functional groups attached to an aromatic ring is 2. The molecule has 0 radical (unpaired) electrons. The van der Waals surface area contributed by atoms with Gasteiger partial charge in [0.1, 0.15) is 5.82 Å². The molecule has 2 rings (SSSR count). The maximum atomic E-state index is 6.01. The van der Waals surface area contributed by atoms with E-state index in [4.69, 9.17) is 11.5 Å². The van der Waals surface area contributed by atoms with Crippen LogP contribution in [-0.2, 0) is 5.75 Å². The molecule has 0 unspecified atom stereocenters. The normalized spacial score (nSPS) is 10.4. The van der Waals surface area contributed by atoms with Crippen LogP contribution in [0.5, 0.6) is 0 Å². The Morgan fingerprint density at radius 3 is 2.71 bits per heavy atom. The summed E-state index contributed by atoms with van der Waals surface area (Å²) in [6.07, 6.45) is 1.80. The average Bonchev–Trinajstić information content (AvgIpc) is 2.33. The van der Waals surface area contributed by atoms with Crippen LogP contribution in [-0.4, -0.2) is 4.98 Å². The van der Waals surface area contributed by atoms with Crippen molar-refractivity contribution in [2.75, 3.05) is 11.5 Å². The maximum absolute atomic E-state index is 6.01. The first kappa shape index (κ1) is 11.8. The van der Waals surface area contributed by atoms with E-state index in [0.717, 1.165) is 27.5 Å². The van der Waals surface area contributed by atoms with Crippen LogP contribution < -0.4 is 11.5 Å². The molecule has 17 heavy (non-hydrogen) atoms. The summed E-state index contributed by atoms with van der Waals surface area (Å²) in [6.45, 7) is 2.02. The number of hydrogen-bond donors (Lipinski definition) is 2. The van der Waals surface area contributed by atoms with Gasteiger partial charge in [-0.15, -0.1) is 11.8 Å². The van der Waals surface area contributed by atoms with Gasteiger partial charge < -0.3 is 11.5 Å². The quantitative estimate of drug-likeness (QED) is 0.644. The summed E-state index contributed by atoms with van der Waals surface area (Å²) in [5.41, 5.74) is 14.7. The number of nitrogens with two attached hydrogens (primary N) is 2. The van der Waals surface area contributed by atoms with E-state index in [1.165, 1.54) is 0 Å². The molecular formula is C13H15N3S. The molecule has 0 saturated carbocycles. The van der Waals surface area contributed by atoms with Gasteiger partial charge in [-0.3, -0.25) is 0 Å². The zero-order valence-electron chi connectivity index (χ0n) is 9.68. The Morgan fingerprint density at radius 1 is 1.18 bits per heavy atom. The molecule has 2 aromatic rings. The van der Waals surface area contributed by atoms with Crippen LogP contribution in [0.3, 0.4) is 0 Å². The minimum Gasteiger partial charge on any atom is -0.398 e. The molecule has 88 valence electrons. The fraction of sp³-hybridized carbons (Fsp3) is 0.154. The van der Waals surface area contributed by atoms with Gasteiger partial charge in [0.2, 0.25) is 0 Å². The zero-order valence-corrected chi connectivity index (χ0v) is 10.5. The highest BCUT2D eigenvalue weighted by Crippen LogP contribution is 2.29. The summed E-state index contributed by atoms with van der Waals surface area (Å²) in [5.74, 6) is 1.40. The molecule has 1 aromatic heterocycles. The van der Waals surface area contributed by atoms with Gasteiger partial charge in [-0.05, 0) is 30.2 Å². The molecule has 4 N–H and O–H groups in total. The van der Waals surface area contributed by atoms with Gasteiger partial charge in [0.05, 0.1) is 0 Å². The van der Waals surface area contributed by atoms with Gasteiger partial charge in [0.25, 0.3) is 0 Å². The number of thioether (sulfide) groups is 1. The maximum Gasteiger partial charge on any atom is 0.123 e. The molecule has 1 aromatic carbocycles. The SMILES string of the molecule is Cc1cccc(SCc2ccc(N)nc2)c1N. The van der Waals surface area contributed by atoms with Crippen LogP contribution >= 0.6 is 11.8 Å². The Balaban J connectivity index is 2.07. The van der Waals surface area contributed by atoms with E-state index in [0.29, 0.717) is 5.82 Å². The van der Waals surface area contributed by atoms with E-state index in [2.05, 4.69) is 4.98 Å². The van der Waals surface area contributed by atoms with E-state index in [1.807, 2.05) is 37.3 Å². The van der Waals surface area contributed by atoms with E-state index in [1.54, 1.807) is 18.0 Å². The van der Waals surface area contributed by atoms with Crippen LogP contribution in [0.1, 0.15) is 11.1 Å². The Morgan fingerprint density at radius 2 is 2.00 bits per heavy atom. The predicted molar refractivity (Wildman–Crippen MR) is 73.8 cm³/mol. The summed E-state index contributed by atoms with van der Waals surface area (Å²) in [5, 5.41) is 0. The molecule has 0 atom stereocenters. The van der Waals surface area contributed by atoms with Gasteiger partial charge in [-0.1, -0.05) is 18.2 Å². The number of aromatic nitrogens is 1. The Kier molecular flexibility index (Phi) is 3.54. The molecule has 0 spiro atoms. The molecule has 0 aliphatic carbocycles. The summed E-state index contributed by atoms with van der Waals surface area (Å²) in [7, 11) is 0. The zero-order chi connectivity index (χ0) is 12.3. The second kappa shape index (κ2) is 5.10. The molecular weight excluding hydrogens is 230 g/mol. The monoisotopic (exact) mass is 245 g/mol. The minimum absolute atomic E-state index is 0.550. The first-order valence-corrected chi connectivity index (χ1v) is 6.33. The van der Waals surface area contributed by atoms with Crippen molar-refractivity contribution >= 4 is 23.3 Å². The Hall–Kier alpha value is -1.68. The molecule has 1 heterocycles. The van der Waals surface area contributed by atoms with Crippen LogP contribution in [0.25, 0.3) is 0 Å². The smallest absolute Gasteiger partial charge is 0.123 e. The van der Waals surface area contributed by atoms with Gasteiger partial charge in [0.15, 0.2) is 0 Å². The molecule has 0 amide bonds.